The maximum atomic E-state index is 13.3. The summed E-state index contributed by atoms with van der Waals surface area (Å²) in [5.74, 6) is -1.34. The molecule has 1 aromatic rings. The van der Waals surface area contributed by atoms with Gasteiger partial charge in [-0.2, -0.15) is 0 Å². The predicted octanol–water partition coefficient (Wildman–Crippen LogP) is 6.23. The van der Waals surface area contributed by atoms with Gasteiger partial charge in [0, 0.05) is 24.2 Å². The average Bonchev–Trinajstić information content (AvgIpc) is 3.43. The lowest BCUT2D eigenvalue weighted by Crippen LogP contribution is -2.47. The minimum atomic E-state index is -0.698. The zero-order valence-electron chi connectivity index (χ0n) is 32.3. The van der Waals surface area contributed by atoms with Gasteiger partial charge in [0.25, 0.3) is 5.91 Å². The largest absolute Gasteiger partial charge is 0.444 e. The number of carbonyl (C=O) groups is 5. The standard InChI is InChI=1S/C39H56N6O7/c1-11-18-44(36(49)51-38(5,6)7)23-33(47)43-30-21-27(14-13-24(30)3)35(48)41-22-32(46)26-15-16-28(40)31(20-26)42-29(12-2)34-25(4)17-19-45(34)37(50)52-39(8,9)10/h13-16,20-21,24,30H,11-12,17-19,22-23,40H2,1-10H3,(H,41,48)(H,43,47). The van der Waals surface area contributed by atoms with Crippen molar-refractivity contribution in [3.05, 3.63) is 58.8 Å². The lowest BCUT2D eigenvalue weighted by atomic mass is 9.92. The molecular weight excluding hydrogens is 664 g/mol. The van der Waals surface area contributed by atoms with Crippen molar-refractivity contribution in [1.82, 2.24) is 20.4 Å². The first-order valence-electron chi connectivity index (χ1n) is 17.9. The second-order valence-corrected chi connectivity index (χ2v) is 15.1. The van der Waals surface area contributed by atoms with Crippen LogP contribution in [-0.4, -0.2) is 88.7 Å². The van der Waals surface area contributed by atoms with Gasteiger partial charge in [-0.15, -0.1) is 0 Å². The Hall–Kier alpha value is -4.94. The van der Waals surface area contributed by atoms with Crippen molar-refractivity contribution in [3.8, 4) is 0 Å². The minimum Gasteiger partial charge on any atom is -0.444 e. The van der Waals surface area contributed by atoms with Crippen molar-refractivity contribution in [3.63, 3.8) is 0 Å². The molecule has 0 radical (unpaired) electrons. The highest BCUT2D eigenvalue weighted by Crippen LogP contribution is 2.31. The zero-order chi connectivity index (χ0) is 39.0. The number of nitrogens with zero attached hydrogens (tertiary/aromatic N) is 3. The Kier molecular flexibility index (Phi) is 14.0. The molecule has 0 spiro atoms. The van der Waals surface area contributed by atoms with Crippen LogP contribution in [0.5, 0.6) is 0 Å². The Balaban J connectivity index is 1.70. The number of nitrogens with one attached hydrogen (secondary N) is 2. The maximum absolute atomic E-state index is 13.3. The second-order valence-electron chi connectivity index (χ2n) is 15.1. The summed E-state index contributed by atoms with van der Waals surface area (Å²) in [5.41, 5.74) is 8.59. The third-order valence-electron chi connectivity index (χ3n) is 8.20. The topological polar surface area (TPSA) is 173 Å². The summed E-state index contributed by atoms with van der Waals surface area (Å²) in [7, 11) is 0. The number of benzene rings is 1. The van der Waals surface area contributed by atoms with Crippen LogP contribution in [0.25, 0.3) is 0 Å². The van der Waals surface area contributed by atoms with Crippen LogP contribution in [0.1, 0.15) is 98.9 Å². The van der Waals surface area contributed by atoms with E-state index in [1.54, 1.807) is 62.1 Å². The summed E-state index contributed by atoms with van der Waals surface area (Å²) in [6.45, 7) is 18.8. The number of hydrogen-bond donors (Lipinski definition) is 3. The fraction of sp³-hybridized carbons (Fsp3) is 0.538. The molecule has 2 aliphatic rings. The summed E-state index contributed by atoms with van der Waals surface area (Å²) in [5, 5.41) is 5.58. The fourth-order valence-corrected chi connectivity index (χ4v) is 5.60. The smallest absolute Gasteiger partial charge is 0.414 e. The van der Waals surface area contributed by atoms with E-state index in [2.05, 4.69) is 10.6 Å². The highest BCUT2D eigenvalue weighted by atomic mass is 16.6. The molecule has 52 heavy (non-hydrogen) atoms. The lowest BCUT2D eigenvalue weighted by molar-refractivity contribution is -0.123. The number of nitrogens with two attached hydrogens (primary N) is 1. The molecule has 4 amide bonds. The highest BCUT2D eigenvalue weighted by Gasteiger charge is 2.32. The Morgan fingerprint density at radius 3 is 2.33 bits per heavy atom. The van der Waals surface area contributed by atoms with Crippen LogP contribution in [0.2, 0.25) is 0 Å². The van der Waals surface area contributed by atoms with E-state index in [0.717, 1.165) is 5.57 Å². The Labute approximate surface area is 307 Å². The van der Waals surface area contributed by atoms with Gasteiger partial charge in [0.05, 0.1) is 35.4 Å². The Morgan fingerprint density at radius 1 is 1.04 bits per heavy atom. The number of ether oxygens (including phenoxy) is 2. The summed E-state index contributed by atoms with van der Waals surface area (Å²) >= 11 is 0. The van der Waals surface area contributed by atoms with E-state index in [-0.39, 0.29) is 30.7 Å². The van der Waals surface area contributed by atoms with E-state index in [1.165, 1.54) is 4.90 Å². The van der Waals surface area contributed by atoms with E-state index in [9.17, 15) is 24.0 Å². The molecule has 2 atom stereocenters. The molecule has 1 aromatic carbocycles. The SMILES string of the molecule is CCCN(CC(=O)NC1C=C(C(=O)NCC(=O)c2ccc(N)c(N=C(CC)C3=C(C)CCN3C(=O)OC(C)(C)C)c2)C=CC1C)C(=O)OC(C)(C)C. The van der Waals surface area contributed by atoms with Gasteiger partial charge in [-0.3, -0.25) is 24.2 Å². The van der Waals surface area contributed by atoms with Crippen molar-refractivity contribution in [1.29, 1.82) is 0 Å². The van der Waals surface area contributed by atoms with Crippen LogP contribution in [-0.2, 0) is 19.1 Å². The summed E-state index contributed by atoms with van der Waals surface area (Å²) < 4.78 is 11.1. The van der Waals surface area contributed by atoms with E-state index < -0.39 is 35.3 Å². The predicted molar refractivity (Wildman–Crippen MR) is 202 cm³/mol. The van der Waals surface area contributed by atoms with Crippen LogP contribution < -0.4 is 16.4 Å². The van der Waals surface area contributed by atoms with E-state index in [4.69, 9.17) is 20.2 Å². The number of Topliss-reactive ketones (excluding diaryl/α,β-unsaturated/α-hetero) is 1. The zero-order valence-corrected chi connectivity index (χ0v) is 32.3. The number of amides is 4. The third kappa shape index (κ3) is 11.8. The van der Waals surface area contributed by atoms with Crippen LogP contribution in [0.3, 0.4) is 0 Å². The number of hydrogen-bond acceptors (Lipinski definition) is 9. The average molecular weight is 721 g/mol. The first-order valence-corrected chi connectivity index (χ1v) is 17.9. The van der Waals surface area contributed by atoms with Crippen LogP contribution in [0.15, 0.2) is 58.3 Å². The molecule has 0 bridgehead atoms. The van der Waals surface area contributed by atoms with Crippen molar-refractivity contribution in [2.75, 3.05) is 31.9 Å². The second kappa shape index (κ2) is 17.5. The Bertz CT molecular complexity index is 1660. The number of allylic oxidation sites excluding steroid dienone is 1. The molecule has 0 fully saturated rings. The number of rotatable bonds is 12. The van der Waals surface area contributed by atoms with Crippen molar-refractivity contribution in [2.45, 2.75) is 106 Å². The molecule has 0 saturated carbocycles. The lowest BCUT2D eigenvalue weighted by Gasteiger charge is -2.28. The number of carbonyl (C=O) groups excluding carboxylic acids is 5. The molecule has 0 aromatic heterocycles. The van der Waals surface area contributed by atoms with Gasteiger partial charge in [0.15, 0.2) is 5.78 Å². The molecule has 1 aliphatic carbocycles. The molecule has 0 saturated heterocycles. The normalized spacial score (nSPS) is 17.8. The van der Waals surface area contributed by atoms with Crippen LogP contribution in [0, 0.1) is 5.92 Å². The Morgan fingerprint density at radius 2 is 1.71 bits per heavy atom. The van der Waals surface area contributed by atoms with Crippen LogP contribution in [0.4, 0.5) is 21.0 Å². The van der Waals surface area contributed by atoms with Gasteiger partial charge in [-0.05, 0) is 103 Å². The molecule has 13 nitrogen and oxygen atoms in total. The third-order valence-corrected chi connectivity index (χ3v) is 8.20. The molecule has 1 heterocycles. The molecule has 13 heteroatoms. The maximum Gasteiger partial charge on any atom is 0.414 e. The van der Waals surface area contributed by atoms with Crippen molar-refractivity contribution < 1.29 is 33.4 Å². The van der Waals surface area contributed by atoms with Gasteiger partial charge >= 0.3 is 12.2 Å². The first-order chi connectivity index (χ1) is 24.2. The van der Waals surface area contributed by atoms with Gasteiger partial charge in [-0.25, -0.2) is 14.6 Å². The number of ketones is 1. The fourth-order valence-electron chi connectivity index (χ4n) is 5.60. The quantitative estimate of drug-likeness (QED) is 0.130. The number of aliphatic imine (C=N–C) groups is 1. The van der Waals surface area contributed by atoms with Gasteiger partial charge in [0.1, 0.15) is 17.7 Å². The molecule has 1 aliphatic heterocycles. The summed E-state index contributed by atoms with van der Waals surface area (Å²) in [6.07, 6.45) is 5.92. The van der Waals surface area contributed by atoms with E-state index >= 15 is 0 Å². The van der Waals surface area contributed by atoms with Crippen molar-refractivity contribution >= 4 is 46.9 Å². The van der Waals surface area contributed by atoms with Crippen LogP contribution >= 0.6 is 0 Å². The van der Waals surface area contributed by atoms with Gasteiger partial charge < -0.3 is 25.8 Å². The number of nitrogen functional groups attached to an aromatic ring is 1. The van der Waals surface area contributed by atoms with E-state index in [1.807, 2.05) is 48.5 Å². The van der Waals surface area contributed by atoms with Gasteiger partial charge in [-0.1, -0.05) is 32.9 Å². The van der Waals surface area contributed by atoms with Crippen molar-refractivity contribution in [2.24, 2.45) is 10.9 Å². The molecule has 284 valence electrons. The van der Waals surface area contributed by atoms with Gasteiger partial charge in [0.2, 0.25) is 5.91 Å². The summed E-state index contributed by atoms with van der Waals surface area (Å²) in [4.78, 5) is 72.8. The minimum absolute atomic E-state index is 0.120. The first kappa shape index (κ1) is 41.5. The highest BCUT2D eigenvalue weighted by molar-refractivity contribution is 6.06. The molecular formula is C39H56N6O7. The number of anilines is 1. The summed E-state index contributed by atoms with van der Waals surface area (Å²) in [6, 6.07) is 4.24. The molecule has 3 rings (SSSR count). The molecule has 4 N–H and O–H groups in total. The van der Waals surface area contributed by atoms with E-state index in [0.29, 0.717) is 66.3 Å². The monoisotopic (exact) mass is 720 g/mol. The molecule has 2 unspecified atom stereocenters.